The number of benzene rings is 1. The van der Waals surface area contributed by atoms with E-state index in [1.54, 1.807) is 20.3 Å². The minimum Gasteiger partial charge on any atom is -0.493 e. The number of carbonyl (C=O) groups excluding carboxylic acids is 1. The first kappa shape index (κ1) is 24.3. The molecule has 0 N–H and O–H groups in total. The minimum absolute atomic E-state index is 0.236. The molecular weight excluding hydrogens is 419 g/mol. The van der Waals surface area contributed by atoms with Gasteiger partial charge < -0.3 is 14.4 Å². The van der Waals surface area contributed by atoms with Crippen molar-refractivity contribution in [2.24, 2.45) is 0 Å². The van der Waals surface area contributed by atoms with Crippen molar-refractivity contribution in [3.63, 3.8) is 0 Å². The molecular formula is C26H35N2O3P. The van der Waals surface area contributed by atoms with Crippen LogP contribution in [0.25, 0.3) is 5.31 Å². The van der Waals surface area contributed by atoms with Crippen LogP contribution in [0.15, 0.2) is 59.3 Å². The first-order chi connectivity index (χ1) is 15.5. The van der Waals surface area contributed by atoms with E-state index in [0.29, 0.717) is 20.1 Å². The van der Waals surface area contributed by atoms with Crippen LogP contribution in [-0.2, 0) is 4.79 Å². The van der Waals surface area contributed by atoms with Crippen molar-refractivity contribution in [3.05, 3.63) is 64.9 Å². The number of likely N-dealkylation sites (N-methyl/N-ethyl adjacent to an activating group) is 2. The summed E-state index contributed by atoms with van der Waals surface area (Å²) in [6.45, 7) is 7.68. The van der Waals surface area contributed by atoms with Crippen molar-refractivity contribution in [1.82, 2.24) is 9.80 Å². The molecule has 2 aliphatic rings. The third-order valence-electron chi connectivity index (χ3n) is 6.18. The highest BCUT2D eigenvalue weighted by Gasteiger charge is 2.25. The van der Waals surface area contributed by atoms with E-state index >= 15 is 0 Å². The largest absolute Gasteiger partial charge is 0.493 e. The molecule has 0 saturated heterocycles. The van der Waals surface area contributed by atoms with E-state index in [1.807, 2.05) is 18.2 Å². The first-order valence-electron chi connectivity index (χ1n) is 11.2. The summed E-state index contributed by atoms with van der Waals surface area (Å²) < 4.78 is 10.8. The molecule has 32 heavy (non-hydrogen) atoms. The molecule has 2 unspecified atom stereocenters. The van der Waals surface area contributed by atoms with Crippen molar-refractivity contribution in [3.8, 4) is 11.5 Å². The fraction of sp³-hybridized carbons (Fsp3) is 0.423. The highest BCUT2D eigenvalue weighted by molar-refractivity contribution is 7.51. The average molecular weight is 455 g/mol. The zero-order valence-corrected chi connectivity index (χ0v) is 20.9. The van der Waals surface area contributed by atoms with Crippen molar-refractivity contribution in [2.45, 2.75) is 32.5 Å². The van der Waals surface area contributed by atoms with E-state index in [2.05, 4.69) is 49.0 Å². The zero-order valence-electron chi connectivity index (χ0n) is 19.9. The molecule has 1 aromatic carbocycles. The number of allylic oxidation sites excluding steroid dienone is 3. The maximum absolute atomic E-state index is 11.5. The molecule has 0 saturated carbocycles. The lowest BCUT2D eigenvalue weighted by atomic mass is 9.95. The molecule has 2 aliphatic heterocycles. The maximum atomic E-state index is 11.5. The summed E-state index contributed by atoms with van der Waals surface area (Å²) in [5.41, 5.74) is 5.16. The van der Waals surface area contributed by atoms with Gasteiger partial charge in [-0.05, 0) is 65.2 Å². The van der Waals surface area contributed by atoms with E-state index in [1.165, 1.54) is 16.7 Å². The monoisotopic (exact) mass is 454 g/mol. The summed E-state index contributed by atoms with van der Waals surface area (Å²) >= 11 is 0. The average Bonchev–Trinajstić information content (AvgIpc) is 2.84. The van der Waals surface area contributed by atoms with Crippen LogP contribution < -0.4 is 9.47 Å². The van der Waals surface area contributed by atoms with Gasteiger partial charge in [-0.2, -0.15) is 0 Å². The zero-order chi connectivity index (χ0) is 23.1. The van der Waals surface area contributed by atoms with Crippen molar-refractivity contribution in [2.75, 3.05) is 40.9 Å². The fourth-order valence-corrected chi connectivity index (χ4v) is 5.78. The van der Waals surface area contributed by atoms with Crippen LogP contribution in [0.4, 0.5) is 0 Å². The first-order valence-corrected chi connectivity index (χ1v) is 12.3. The van der Waals surface area contributed by atoms with Gasteiger partial charge >= 0.3 is 0 Å². The van der Waals surface area contributed by atoms with E-state index in [9.17, 15) is 4.79 Å². The maximum Gasteiger partial charge on any atom is 0.161 e. The molecule has 6 heteroatoms. The van der Waals surface area contributed by atoms with Gasteiger partial charge in [-0.1, -0.05) is 40.6 Å². The number of nitrogens with zero attached hydrogens (tertiary/aromatic N) is 2. The lowest BCUT2D eigenvalue weighted by Gasteiger charge is -2.35. The molecule has 0 amide bonds. The summed E-state index contributed by atoms with van der Waals surface area (Å²) in [5, 5.41) is 1.02. The SMILES string of the molecule is CCC1=CC(C2=CCN(CC)CC2)=CN(C)C1P/C(=C\C=O)c1ccc(OC)c(OC)c1. The molecule has 0 spiro atoms. The van der Waals surface area contributed by atoms with Crippen molar-refractivity contribution < 1.29 is 14.3 Å². The number of aldehydes is 1. The molecule has 0 bridgehead atoms. The molecule has 2 atom stereocenters. The van der Waals surface area contributed by atoms with Gasteiger partial charge in [0, 0.05) is 26.3 Å². The van der Waals surface area contributed by atoms with Crippen molar-refractivity contribution >= 4 is 20.2 Å². The van der Waals surface area contributed by atoms with Gasteiger partial charge in [0.25, 0.3) is 0 Å². The lowest BCUT2D eigenvalue weighted by molar-refractivity contribution is -0.104. The third kappa shape index (κ3) is 5.51. The Morgan fingerprint density at radius 3 is 2.59 bits per heavy atom. The second-order valence-electron chi connectivity index (χ2n) is 8.03. The quantitative estimate of drug-likeness (QED) is 0.296. The molecule has 2 heterocycles. The number of rotatable bonds is 9. The topological polar surface area (TPSA) is 42.0 Å². The van der Waals surface area contributed by atoms with E-state index in [-0.39, 0.29) is 5.78 Å². The van der Waals surface area contributed by atoms with Crippen LogP contribution in [-0.4, -0.2) is 62.8 Å². The predicted octanol–water partition coefficient (Wildman–Crippen LogP) is 5.07. The van der Waals surface area contributed by atoms with Gasteiger partial charge in [-0.3, -0.25) is 9.69 Å². The summed E-state index contributed by atoms with van der Waals surface area (Å²) in [7, 11) is 5.84. The molecule has 0 fully saturated rings. The van der Waals surface area contributed by atoms with Gasteiger partial charge in [0.1, 0.15) is 6.29 Å². The number of ether oxygens (including phenoxy) is 2. The highest BCUT2D eigenvalue weighted by Crippen LogP contribution is 2.46. The van der Waals surface area contributed by atoms with E-state index in [4.69, 9.17) is 9.47 Å². The second-order valence-corrected chi connectivity index (χ2v) is 9.40. The summed E-state index contributed by atoms with van der Waals surface area (Å²) in [6, 6.07) is 5.84. The Hall–Kier alpha value is -2.36. The number of hydrogen-bond donors (Lipinski definition) is 0. The number of hydrogen-bond acceptors (Lipinski definition) is 5. The fourth-order valence-electron chi connectivity index (χ4n) is 4.24. The molecule has 0 aliphatic carbocycles. The Kier molecular flexibility index (Phi) is 8.72. The summed E-state index contributed by atoms with van der Waals surface area (Å²) in [6.07, 6.45) is 11.7. The van der Waals surface area contributed by atoms with Gasteiger partial charge in [-0.25, -0.2) is 0 Å². The Labute approximate surface area is 194 Å². The Morgan fingerprint density at radius 1 is 1.22 bits per heavy atom. The summed E-state index contributed by atoms with van der Waals surface area (Å²) in [5.74, 6) is 1.59. The van der Waals surface area contributed by atoms with Crippen LogP contribution in [0, 0.1) is 0 Å². The van der Waals surface area contributed by atoms with Crippen LogP contribution in [0.1, 0.15) is 32.3 Å². The molecule has 5 nitrogen and oxygen atoms in total. The van der Waals surface area contributed by atoms with Crippen LogP contribution >= 0.6 is 8.58 Å². The highest BCUT2D eigenvalue weighted by atomic mass is 31.1. The van der Waals surface area contributed by atoms with Gasteiger partial charge in [0.15, 0.2) is 11.5 Å². The second kappa shape index (κ2) is 11.5. The molecule has 3 rings (SSSR count). The predicted molar refractivity (Wildman–Crippen MR) is 135 cm³/mol. The molecule has 0 aromatic heterocycles. The van der Waals surface area contributed by atoms with Crippen LogP contribution in [0.3, 0.4) is 0 Å². The van der Waals surface area contributed by atoms with E-state index in [0.717, 1.165) is 49.6 Å². The van der Waals surface area contributed by atoms with Crippen LogP contribution in [0.2, 0.25) is 0 Å². The standard InChI is InChI=1S/C26H35N2O3P/c1-6-19-16-22(20-10-13-28(7-2)14-11-20)18-27(3)26(19)32-25(12-15-29)21-8-9-23(30-4)24(17-21)31-5/h8-10,12,15-18,26,32H,6-7,11,13-14H2,1-5H3/b25-12-. The number of carbonyl (C=O) groups is 1. The smallest absolute Gasteiger partial charge is 0.161 e. The minimum atomic E-state index is 0.236. The van der Waals surface area contributed by atoms with Gasteiger partial charge in [0.05, 0.1) is 20.0 Å². The van der Waals surface area contributed by atoms with Gasteiger partial charge in [0.2, 0.25) is 0 Å². The Balaban J connectivity index is 1.85. The third-order valence-corrected chi connectivity index (χ3v) is 8.00. The lowest BCUT2D eigenvalue weighted by Crippen LogP contribution is -2.31. The van der Waals surface area contributed by atoms with Gasteiger partial charge in [-0.15, -0.1) is 0 Å². The van der Waals surface area contributed by atoms with Crippen LogP contribution in [0.5, 0.6) is 11.5 Å². The molecule has 172 valence electrons. The van der Waals surface area contributed by atoms with Crippen molar-refractivity contribution in [1.29, 1.82) is 0 Å². The Bertz CT molecular complexity index is 948. The summed E-state index contributed by atoms with van der Waals surface area (Å²) in [4.78, 5) is 16.3. The number of methoxy groups -OCH3 is 2. The normalized spacial score (nSPS) is 20.2. The Morgan fingerprint density at radius 2 is 2.00 bits per heavy atom. The molecule has 1 aromatic rings. The molecule has 0 radical (unpaired) electrons. The van der Waals surface area contributed by atoms with E-state index < -0.39 is 0 Å².